The SMILES string of the molecule is CC1CCC(O)(CN2CCC[C@@H]2[C@H]2COCC[C@]2(C)O)CC1. The molecular weight excluding hydrogens is 278 g/mol. The number of nitrogens with zero attached hydrogens (tertiary/aromatic N) is 1. The van der Waals surface area contributed by atoms with Crippen LogP contribution in [-0.4, -0.2) is 58.7 Å². The maximum Gasteiger partial charge on any atom is 0.0774 e. The van der Waals surface area contributed by atoms with E-state index in [0.717, 1.165) is 57.5 Å². The molecule has 2 heterocycles. The van der Waals surface area contributed by atoms with Gasteiger partial charge in [-0.3, -0.25) is 4.90 Å². The van der Waals surface area contributed by atoms with Gasteiger partial charge in [0.05, 0.1) is 17.8 Å². The van der Waals surface area contributed by atoms with Crippen molar-refractivity contribution >= 4 is 0 Å². The Balaban J connectivity index is 1.65. The lowest BCUT2D eigenvalue weighted by atomic mass is 9.77. The number of hydrogen-bond acceptors (Lipinski definition) is 4. The van der Waals surface area contributed by atoms with E-state index in [4.69, 9.17) is 4.74 Å². The molecule has 3 atom stereocenters. The van der Waals surface area contributed by atoms with Gasteiger partial charge < -0.3 is 14.9 Å². The molecule has 2 saturated heterocycles. The topological polar surface area (TPSA) is 52.9 Å². The van der Waals surface area contributed by atoms with Crippen molar-refractivity contribution in [2.24, 2.45) is 11.8 Å². The first-order chi connectivity index (χ1) is 10.4. The van der Waals surface area contributed by atoms with Crippen LogP contribution in [0.15, 0.2) is 0 Å². The third-order valence-electron chi connectivity index (χ3n) is 6.43. The van der Waals surface area contributed by atoms with Crippen LogP contribution in [0.25, 0.3) is 0 Å². The molecule has 0 unspecified atom stereocenters. The predicted octanol–water partition coefficient (Wildman–Crippen LogP) is 2.18. The highest BCUT2D eigenvalue weighted by Crippen LogP contribution is 2.39. The van der Waals surface area contributed by atoms with Gasteiger partial charge in [0.25, 0.3) is 0 Å². The fourth-order valence-electron chi connectivity index (χ4n) is 4.72. The highest BCUT2D eigenvalue weighted by Gasteiger charge is 2.46. The van der Waals surface area contributed by atoms with Crippen molar-refractivity contribution in [1.82, 2.24) is 4.90 Å². The van der Waals surface area contributed by atoms with Crippen LogP contribution in [0.3, 0.4) is 0 Å². The fourth-order valence-corrected chi connectivity index (χ4v) is 4.72. The summed E-state index contributed by atoms with van der Waals surface area (Å²) in [6.45, 7) is 7.40. The Morgan fingerprint density at radius 2 is 1.86 bits per heavy atom. The summed E-state index contributed by atoms with van der Waals surface area (Å²) in [6.07, 6.45) is 7.15. The molecule has 2 N–H and O–H groups in total. The van der Waals surface area contributed by atoms with Gasteiger partial charge in [0.1, 0.15) is 0 Å². The van der Waals surface area contributed by atoms with Gasteiger partial charge in [-0.25, -0.2) is 0 Å². The van der Waals surface area contributed by atoms with Gasteiger partial charge in [0, 0.05) is 25.1 Å². The molecule has 3 fully saturated rings. The van der Waals surface area contributed by atoms with Crippen molar-refractivity contribution in [2.75, 3.05) is 26.3 Å². The van der Waals surface area contributed by atoms with Crippen molar-refractivity contribution in [3.63, 3.8) is 0 Å². The van der Waals surface area contributed by atoms with Gasteiger partial charge in [-0.1, -0.05) is 6.92 Å². The summed E-state index contributed by atoms with van der Waals surface area (Å²) in [6, 6.07) is 0.360. The van der Waals surface area contributed by atoms with Crippen LogP contribution >= 0.6 is 0 Å². The number of likely N-dealkylation sites (tertiary alicyclic amines) is 1. The van der Waals surface area contributed by atoms with Gasteiger partial charge in [-0.05, 0) is 64.3 Å². The Morgan fingerprint density at radius 3 is 2.55 bits per heavy atom. The standard InChI is InChI=1S/C18H33NO3/c1-14-5-7-18(21,8-6-14)13-19-10-3-4-16(19)15-12-22-11-9-17(15,2)20/h14-16,20-21H,3-13H2,1-2H3/t14?,15-,16-,17+,18?/m1/s1. The minimum absolute atomic E-state index is 0.176. The lowest BCUT2D eigenvalue weighted by molar-refractivity contribution is -0.130. The highest BCUT2D eigenvalue weighted by molar-refractivity contribution is 4.98. The van der Waals surface area contributed by atoms with E-state index < -0.39 is 11.2 Å². The maximum absolute atomic E-state index is 11.0. The first-order valence-electron chi connectivity index (χ1n) is 9.16. The molecule has 1 saturated carbocycles. The fraction of sp³-hybridized carbons (Fsp3) is 1.00. The average molecular weight is 311 g/mol. The van der Waals surface area contributed by atoms with E-state index in [1.54, 1.807) is 0 Å². The van der Waals surface area contributed by atoms with Crippen LogP contribution in [-0.2, 0) is 4.74 Å². The Kier molecular flexibility index (Phi) is 4.84. The summed E-state index contributed by atoms with van der Waals surface area (Å²) in [4.78, 5) is 2.45. The maximum atomic E-state index is 11.0. The van der Waals surface area contributed by atoms with Gasteiger partial charge in [-0.2, -0.15) is 0 Å². The van der Waals surface area contributed by atoms with E-state index in [-0.39, 0.29) is 5.92 Å². The average Bonchev–Trinajstić information content (AvgIpc) is 2.89. The molecule has 128 valence electrons. The second-order valence-electron chi connectivity index (χ2n) is 8.38. The van der Waals surface area contributed by atoms with Crippen LogP contribution in [0.2, 0.25) is 0 Å². The largest absolute Gasteiger partial charge is 0.390 e. The molecule has 2 aliphatic heterocycles. The normalized spacial score (nSPS) is 47.7. The smallest absolute Gasteiger partial charge is 0.0774 e. The first kappa shape index (κ1) is 16.7. The minimum atomic E-state index is -0.630. The third-order valence-corrected chi connectivity index (χ3v) is 6.43. The molecule has 0 amide bonds. The highest BCUT2D eigenvalue weighted by atomic mass is 16.5. The summed E-state index contributed by atoms with van der Waals surface area (Å²) in [5.74, 6) is 0.928. The lowest BCUT2D eigenvalue weighted by Gasteiger charge is -2.45. The number of hydrogen-bond donors (Lipinski definition) is 2. The van der Waals surface area contributed by atoms with E-state index in [1.807, 2.05) is 6.92 Å². The van der Waals surface area contributed by atoms with Gasteiger partial charge in [0.15, 0.2) is 0 Å². The van der Waals surface area contributed by atoms with Crippen molar-refractivity contribution in [2.45, 2.75) is 76.0 Å². The van der Waals surface area contributed by atoms with E-state index >= 15 is 0 Å². The summed E-state index contributed by atoms with van der Waals surface area (Å²) in [5.41, 5.74) is -1.15. The molecule has 4 nitrogen and oxygen atoms in total. The van der Waals surface area contributed by atoms with Crippen molar-refractivity contribution in [1.29, 1.82) is 0 Å². The van der Waals surface area contributed by atoms with Crippen LogP contribution < -0.4 is 0 Å². The monoisotopic (exact) mass is 311 g/mol. The summed E-state index contributed by atoms with van der Waals surface area (Å²) < 4.78 is 5.66. The quantitative estimate of drug-likeness (QED) is 0.839. The van der Waals surface area contributed by atoms with Crippen molar-refractivity contribution in [3.05, 3.63) is 0 Å². The molecule has 3 rings (SSSR count). The molecule has 0 aromatic carbocycles. The molecule has 0 spiro atoms. The molecule has 4 heteroatoms. The molecular formula is C18H33NO3. The van der Waals surface area contributed by atoms with Crippen LogP contribution in [0.5, 0.6) is 0 Å². The zero-order valence-electron chi connectivity index (χ0n) is 14.3. The Bertz CT molecular complexity index is 377. The van der Waals surface area contributed by atoms with E-state index in [1.165, 1.54) is 6.42 Å². The minimum Gasteiger partial charge on any atom is -0.390 e. The zero-order chi connectivity index (χ0) is 15.8. The molecule has 0 aromatic heterocycles. The molecule has 22 heavy (non-hydrogen) atoms. The second kappa shape index (κ2) is 6.39. The van der Waals surface area contributed by atoms with Gasteiger partial charge in [-0.15, -0.1) is 0 Å². The van der Waals surface area contributed by atoms with Crippen LogP contribution in [0, 0.1) is 11.8 Å². The number of aliphatic hydroxyl groups is 2. The number of rotatable bonds is 3. The van der Waals surface area contributed by atoms with Crippen molar-refractivity contribution < 1.29 is 14.9 Å². The van der Waals surface area contributed by atoms with E-state index in [0.29, 0.717) is 19.3 Å². The van der Waals surface area contributed by atoms with Crippen molar-refractivity contribution in [3.8, 4) is 0 Å². The van der Waals surface area contributed by atoms with Crippen LogP contribution in [0.1, 0.15) is 58.8 Å². The van der Waals surface area contributed by atoms with Gasteiger partial charge >= 0.3 is 0 Å². The Hall–Kier alpha value is -0.160. The van der Waals surface area contributed by atoms with Gasteiger partial charge in [0.2, 0.25) is 0 Å². The molecule has 0 bridgehead atoms. The Morgan fingerprint density at radius 1 is 1.14 bits per heavy atom. The Labute approximate surface area is 134 Å². The zero-order valence-corrected chi connectivity index (χ0v) is 14.3. The second-order valence-corrected chi connectivity index (χ2v) is 8.38. The number of β-amino-alcohol motifs (C(OH)–C–C–N with tert-alkyl or cyclic N) is 1. The van der Waals surface area contributed by atoms with Crippen LogP contribution in [0.4, 0.5) is 0 Å². The number of ether oxygens (including phenoxy) is 1. The molecule has 1 aliphatic carbocycles. The third kappa shape index (κ3) is 3.50. The lowest BCUT2D eigenvalue weighted by Crippen LogP contribution is -2.55. The molecule has 0 aromatic rings. The first-order valence-corrected chi connectivity index (χ1v) is 9.16. The summed E-state index contributed by atoms with van der Waals surface area (Å²) >= 11 is 0. The summed E-state index contributed by atoms with van der Waals surface area (Å²) in [5, 5.41) is 21.7. The molecule has 0 radical (unpaired) electrons. The van der Waals surface area contributed by atoms with E-state index in [9.17, 15) is 10.2 Å². The molecule has 3 aliphatic rings. The summed E-state index contributed by atoms with van der Waals surface area (Å²) in [7, 11) is 0. The van der Waals surface area contributed by atoms with E-state index in [2.05, 4.69) is 11.8 Å². The predicted molar refractivity (Wildman–Crippen MR) is 86.7 cm³/mol.